The van der Waals surface area contributed by atoms with Crippen LogP contribution in [0.3, 0.4) is 0 Å². The number of methoxy groups -OCH3 is 1. The highest BCUT2D eigenvalue weighted by molar-refractivity contribution is 7.98. The van der Waals surface area contributed by atoms with Crippen LogP contribution in [0.15, 0.2) is 18.3 Å². The van der Waals surface area contributed by atoms with E-state index in [0.717, 1.165) is 42.3 Å². The van der Waals surface area contributed by atoms with Gasteiger partial charge in [-0.2, -0.15) is 11.8 Å². The Labute approximate surface area is 124 Å². The summed E-state index contributed by atoms with van der Waals surface area (Å²) in [6, 6.07) is 4.08. The fourth-order valence-corrected chi connectivity index (χ4v) is 3.46. The summed E-state index contributed by atoms with van der Waals surface area (Å²) in [4.78, 5) is 15.8. The molecule has 4 nitrogen and oxygen atoms in total. The molecule has 110 valence electrons. The van der Waals surface area contributed by atoms with Gasteiger partial charge < -0.3 is 10.1 Å². The molecule has 0 atom stereocenters. The van der Waals surface area contributed by atoms with E-state index in [9.17, 15) is 4.79 Å². The first-order valence-corrected chi connectivity index (χ1v) is 8.16. The monoisotopic (exact) mass is 294 g/mol. The molecule has 0 spiro atoms. The molecule has 1 aromatic rings. The third-order valence-electron chi connectivity index (χ3n) is 3.56. The minimum absolute atomic E-state index is 0.0876. The van der Waals surface area contributed by atoms with E-state index in [1.165, 1.54) is 7.11 Å². The number of rotatable bonds is 8. The lowest BCUT2D eigenvalue weighted by atomic mass is 10.1. The van der Waals surface area contributed by atoms with Crippen LogP contribution in [0.1, 0.15) is 31.9 Å². The lowest BCUT2D eigenvalue weighted by molar-refractivity contribution is -0.141. The summed E-state index contributed by atoms with van der Waals surface area (Å²) in [7, 11) is 1.46. The smallest absolute Gasteiger partial charge is 0.306 e. The second kappa shape index (κ2) is 6.97. The number of aromatic nitrogens is 1. The summed E-state index contributed by atoms with van der Waals surface area (Å²) in [5.74, 6) is 1.81. The zero-order valence-electron chi connectivity index (χ0n) is 12.1. The van der Waals surface area contributed by atoms with Gasteiger partial charge in [0.25, 0.3) is 0 Å². The maximum Gasteiger partial charge on any atom is 0.306 e. The first-order valence-electron chi connectivity index (χ1n) is 7.01. The van der Waals surface area contributed by atoms with Gasteiger partial charge in [0, 0.05) is 24.2 Å². The van der Waals surface area contributed by atoms with Crippen LogP contribution in [0.25, 0.3) is 0 Å². The maximum absolute atomic E-state index is 11.4. The summed E-state index contributed by atoms with van der Waals surface area (Å²) in [6.07, 6.45) is 4.68. The second-order valence-electron chi connectivity index (χ2n) is 5.31. The summed E-state index contributed by atoms with van der Waals surface area (Å²) in [5, 5.41) is 3.29. The highest BCUT2D eigenvalue weighted by Crippen LogP contribution is 2.51. The maximum atomic E-state index is 11.4. The van der Waals surface area contributed by atoms with Crippen LogP contribution >= 0.6 is 11.8 Å². The Hall–Kier alpha value is -1.23. The van der Waals surface area contributed by atoms with Crippen molar-refractivity contribution in [2.24, 2.45) is 5.41 Å². The van der Waals surface area contributed by atoms with Crippen molar-refractivity contribution in [2.75, 3.05) is 24.7 Å². The van der Waals surface area contributed by atoms with Crippen LogP contribution in [0.2, 0.25) is 0 Å². The second-order valence-corrected chi connectivity index (χ2v) is 6.30. The van der Waals surface area contributed by atoms with Crippen LogP contribution in [0.4, 0.5) is 5.69 Å². The van der Waals surface area contributed by atoms with E-state index < -0.39 is 0 Å². The van der Waals surface area contributed by atoms with E-state index in [2.05, 4.69) is 23.3 Å². The Balaban J connectivity index is 1.78. The molecule has 0 radical (unpaired) electrons. The molecule has 1 N–H and O–H groups in total. The number of ether oxygens (including phenoxy) is 1. The summed E-state index contributed by atoms with van der Waals surface area (Å²) >= 11 is 1.86. The third kappa shape index (κ3) is 4.40. The number of carbonyl (C=O) groups is 1. The Kier molecular flexibility index (Phi) is 5.29. The Morgan fingerprint density at radius 1 is 1.55 bits per heavy atom. The summed E-state index contributed by atoms with van der Waals surface area (Å²) in [6.45, 7) is 3.00. The highest BCUT2D eigenvalue weighted by atomic mass is 32.2. The number of thioether (sulfide) groups is 1. The van der Waals surface area contributed by atoms with E-state index in [1.807, 2.05) is 24.0 Å². The Morgan fingerprint density at radius 3 is 3.00 bits per heavy atom. The van der Waals surface area contributed by atoms with Crippen LogP contribution < -0.4 is 5.32 Å². The zero-order valence-corrected chi connectivity index (χ0v) is 13.0. The van der Waals surface area contributed by atoms with Crippen molar-refractivity contribution in [1.29, 1.82) is 0 Å². The number of hydrogen-bond donors (Lipinski definition) is 1. The van der Waals surface area contributed by atoms with Gasteiger partial charge in [-0.25, -0.2) is 0 Å². The molecule has 1 fully saturated rings. The van der Waals surface area contributed by atoms with Crippen molar-refractivity contribution in [3.63, 3.8) is 0 Å². The molecule has 0 bridgehead atoms. The topological polar surface area (TPSA) is 51.2 Å². The van der Waals surface area contributed by atoms with Gasteiger partial charge in [0.2, 0.25) is 0 Å². The van der Waals surface area contributed by atoms with E-state index in [-0.39, 0.29) is 11.4 Å². The van der Waals surface area contributed by atoms with E-state index in [0.29, 0.717) is 6.42 Å². The predicted molar refractivity (Wildman–Crippen MR) is 82.9 cm³/mol. The van der Waals surface area contributed by atoms with E-state index >= 15 is 0 Å². The molecule has 0 aromatic carbocycles. The number of esters is 1. The van der Waals surface area contributed by atoms with Crippen molar-refractivity contribution < 1.29 is 9.53 Å². The summed E-state index contributed by atoms with van der Waals surface area (Å²) < 4.78 is 4.76. The van der Waals surface area contributed by atoms with Crippen molar-refractivity contribution in [2.45, 2.75) is 31.9 Å². The number of nitrogens with zero attached hydrogens (tertiary/aromatic N) is 1. The third-order valence-corrected chi connectivity index (χ3v) is 4.88. The quantitative estimate of drug-likeness (QED) is 0.747. The standard InChI is InChI=1S/C15H22N2O2S/c1-3-16-12-4-7-17-13(8-12)10-20-11-15(5-6-15)9-14(18)19-2/h4,7-8H,3,5-6,9-11H2,1-2H3,(H,16,17). The number of anilines is 1. The van der Waals surface area contributed by atoms with Gasteiger partial charge in [-0.3, -0.25) is 9.78 Å². The molecule has 1 aliphatic rings. The van der Waals surface area contributed by atoms with Gasteiger partial charge in [-0.05, 0) is 43.1 Å². The molecule has 0 amide bonds. The van der Waals surface area contributed by atoms with Crippen LogP contribution in [-0.4, -0.2) is 30.4 Å². The van der Waals surface area contributed by atoms with Gasteiger partial charge in [-0.15, -0.1) is 0 Å². The zero-order chi connectivity index (χ0) is 14.4. The molecule has 1 aromatic heterocycles. The molecular weight excluding hydrogens is 272 g/mol. The minimum Gasteiger partial charge on any atom is -0.469 e. The van der Waals surface area contributed by atoms with Gasteiger partial charge in [0.15, 0.2) is 0 Å². The fourth-order valence-electron chi connectivity index (χ4n) is 2.17. The van der Waals surface area contributed by atoms with Crippen molar-refractivity contribution in [1.82, 2.24) is 4.98 Å². The molecule has 1 saturated carbocycles. The summed E-state index contributed by atoms with van der Waals surface area (Å²) in [5.41, 5.74) is 2.40. The molecule has 20 heavy (non-hydrogen) atoms. The normalized spacial score (nSPS) is 15.7. The first kappa shape index (κ1) is 15.2. The number of carbonyl (C=O) groups excluding carboxylic acids is 1. The van der Waals surface area contributed by atoms with E-state index in [4.69, 9.17) is 4.74 Å². The van der Waals surface area contributed by atoms with Crippen molar-refractivity contribution in [3.05, 3.63) is 24.0 Å². The lowest BCUT2D eigenvalue weighted by Crippen LogP contribution is -2.13. The van der Waals surface area contributed by atoms with Gasteiger partial charge >= 0.3 is 5.97 Å². The number of pyridine rings is 1. The minimum atomic E-state index is -0.0876. The molecular formula is C15H22N2O2S. The Morgan fingerprint density at radius 2 is 2.35 bits per heavy atom. The lowest BCUT2D eigenvalue weighted by Gasteiger charge is -2.13. The molecule has 0 aliphatic heterocycles. The molecule has 5 heteroatoms. The fraction of sp³-hybridized carbons (Fsp3) is 0.600. The van der Waals surface area contributed by atoms with Crippen molar-refractivity contribution in [3.8, 4) is 0 Å². The number of hydrogen-bond acceptors (Lipinski definition) is 5. The molecule has 0 saturated heterocycles. The van der Waals surface area contributed by atoms with E-state index in [1.54, 1.807) is 0 Å². The SMILES string of the molecule is CCNc1ccnc(CSCC2(CC(=O)OC)CC2)c1. The average Bonchev–Trinajstić information content (AvgIpc) is 3.19. The largest absolute Gasteiger partial charge is 0.469 e. The van der Waals surface area contributed by atoms with Gasteiger partial charge in [0.1, 0.15) is 0 Å². The van der Waals surface area contributed by atoms with Crippen LogP contribution in [0.5, 0.6) is 0 Å². The predicted octanol–water partition coefficient (Wildman–Crippen LogP) is 3.09. The van der Waals surface area contributed by atoms with Crippen LogP contribution in [0, 0.1) is 5.41 Å². The van der Waals surface area contributed by atoms with Crippen LogP contribution in [-0.2, 0) is 15.3 Å². The number of nitrogens with one attached hydrogen (secondary N) is 1. The average molecular weight is 294 g/mol. The van der Waals surface area contributed by atoms with Gasteiger partial charge in [-0.1, -0.05) is 0 Å². The molecule has 0 unspecified atom stereocenters. The Bertz CT molecular complexity index is 461. The molecule has 1 heterocycles. The van der Waals surface area contributed by atoms with Gasteiger partial charge in [0.05, 0.1) is 19.2 Å². The first-order chi connectivity index (χ1) is 9.67. The molecule has 2 rings (SSSR count). The highest BCUT2D eigenvalue weighted by Gasteiger charge is 2.44. The van der Waals surface area contributed by atoms with Crippen molar-refractivity contribution >= 4 is 23.4 Å². The molecule has 1 aliphatic carbocycles.